The molecule has 0 bridgehead atoms. The number of ether oxygens (including phenoxy) is 1. The molecule has 3 heteroatoms. The van der Waals surface area contributed by atoms with E-state index in [1.54, 1.807) is 0 Å². The molecular formula is C15H24N2O. The normalized spacial score (nSPS) is 23.4. The van der Waals surface area contributed by atoms with Crippen molar-refractivity contribution in [1.82, 2.24) is 4.90 Å². The van der Waals surface area contributed by atoms with Crippen molar-refractivity contribution >= 4 is 0 Å². The molecule has 1 aromatic rings. The lowest BCUT2D eigenvalue weighted by atomic mass is 9.81. The summed E-state index contributed by atoms with van der Waals surface area (Å²) in [6, 6.07) is 4.36. The number of aryl methyl sites for hydroxylation is 2. The molecule has 0 amide bonds. The Kier molecular flexibility index (Phi) is 3.64. The molecule has 1 atom stereocenters. The van der Waals surface area contributed by atoms with Crippen LogP contribution in [0.2, 0.25) is 0 Å². The summed E-state index contributed by atoms with van der Waals surface area (Å²) in [6.07, 6.45) is 2.09. The molecule has 1 aromatic carbocycles. The van der Waals surface area contributed by atoms with Crippen LogP contribution >= 0.6 is 0 Å². The van der Waals surface area contributed by atoms with Gasteiger partial charge in [-0.05, 0) is 58.0 Å². The number of nitrogens with zero attached hydrogens (tertiary/aromatic N) is 1. The molecule has 0 aliphatic carbocycles. The van der Waals surface area contributed by atoms with Crippen LogP contribution in [0.5, 0.6) is 5.75 Å². The molecule has 2 N–H and O–H groups in total. The van der Waals surface area contributed by atoms with Gasteiger partial charge in [0, 0.05) is 12.1 Å². The fraction of sp³-hybridized carbons (Fsp3) is 0.600. The van der Waals surface area contributed by atoms with Gasteiger partial charge in [-0.1, -0.05) is 6.07 Å². The van der Waals surface area contributed by atoms with Gasteiger partial charge in [0.1, 0.15) is 5.75 Å². The van der Waals surface area contributed by atoms with Gasteiger partial charge in [-0.15, -0.1) is 0 Å². The maximum Gasteiger partial charge on any atom is 0.124 e. The van der Waals surface area contributed by atoms with Crippen molar-refractivity contribution in [3.63, 3.8) is 0 Å². The van der Waals surface area contributed by atoms with Gasteiger partial charge >= 0.3 is 0 Å². The van der Waals surface area contributed by atoms with E-state index >= 15 is 0 Å². The first kappa shape index (κ1) is 13.4. The van der Waals surface area contributed by atoms with E-state index in [9.17, 15) is 0 Å². The van der Waals surface area contributed by atoms with Crippen LogP contribution in [0.1, 0.15) is 29.5 Å². The van der Waals surface area contributed by atoms with Crippen molar-refractivity contribution in [1.29, 1.82) is 0 Å². The molecule has 0 saturated heterocycles. The van der Waals surface area contributed by atoms with Crippen molar-refractivity contribution in [3.05, 3.63) is 28.8 Å². The molecule has 2 rings (SSSR count). The molecular weight excluding hydrogens is 224 g/mol. The SMILES string of the molecule is Cc1cc(C)c2c(c1)OCCCC2(CN)N(C)C. The van der Waals surface area contributed by atoms with Gasteiger partial charge in [-0.3, -0.25) is 4.90 Å². The Morgan fingerprint density at radius 2 is 2.06 bits per heavy atom. The Hall–Kier alpha value is -1.06. The van der Waals surface area contributed by atoms with Gasteiger partial charge in [0.05, 0.1) is 12.1 Å². The second kappa shape index (κ2) is 4.90. The predicted octanol–water partition coefficient (Wildman–Crippen LogP) is 2.19. The zero-order chi connectivity index (χ0) is 13.3. The Balaban J connectivity index is 2.67. The number of hydrogen-bond acceptors (Lipinski definition) is 3. The molecule has 1 unspecified atom stereocenters. The Morgan fingerprint density at radius 3 is 2.67 bits per heavy atom. The minimum absolute atomic E-state index is 0.0936. The van der Waals surface area contributed by atoms with E-state index in [0.29, 0.717) is 6.54 Å². The summed E-state index contributed by atoms with van der Waals surface area (Å²) in [5.74, 6) is 1.02. The summed E-state index contributed by atoms with van der Waals surface area (Å²) in [4.78, 5) is 2.25. The maximum absolute atomic E-state index is 6.13. The van der Waals surface area contributed by atoms with Crippen LogP contribution in [-0.4, -0.2) is 32.1 Å². The second-order valence-corrected chi connectivity index (χ2v) is 5.54. The van der Waals surface area contributed by atoms with Crippen molar-refractivity contribution in [2.24, 2.45) is 5.73 Å². The molecule has 3 nitrogen and oxygen atoms in total. The smallest absolute Gasteiger partial charge is 0.124 e. The Bertz CT molecular complexity index is 442. The van der Waals surface area contributed by atoms with Crippen molar-refractivity contribution in [3.8, 4) is 5.75 Å². The van der Waals surface area contributed by atoms with Gasteiger partial charge in [0.15, 0.2) is 0 Å². The summed E-state index contributed by atoms with van der Waals surface area (Å²) in [6.45, 7) is 5.68. The molecule has 0 saturated carbocycles. The van der Waals surface area contributed by atoms with Crippen molar-refractivity contribution in [2.75, 3.05) is 27.2 Å². The summed E-state index contributed by atoms with van der Waals surface area (Å²) >= 11 is 0. The van der Waals surface area contributed by atoms with E-state index in [1.807, 2.05) is 0 Å². The number of nitrogens with two attached hydrogens (primary N) is 1. The number of fused-ring (bicyclic) bond motifs is 1. The molecule has 1 aliphatic rings. The minimum atomic E-state index is -0.0936. The van der Waals surface area contributed by atoms with Crippen molar-refractivity contribution < 1.29 is 4.74 Å². The largest absolute Gasteiger partial charge is 0.493 e. The van der Waals surface area contributed by atoms with Crippen LogP contribution in [-0.2, 0) is 5.54 Å². The predicted molar refractivity (Wildman–Crippen MR) is 75.1 cm³/mol. The Morgan fingerprint density at radius 1 is 1.33 bits per heavy atom. The first-order valence-corrected chi connectivity index (χ1v) is 6.63. The number of benzene rings is 1. The first-order valence-electron chi connectivity index (χ1n) is 6.63. The van der Waals surface area contributed by atoms with E-state index in [1.165, 1.54) is 16.7 Å². The van der Waals surface area contributed by atoms with Crippen LogP contribution in [0.25, 0.3) is 0 Å². The molecule has 1 heterocycles. The monoisotopic (exact) mass is 248 g/mol. The summed E-state index contributed by atoms with van der Waals surface area (Å²) < 4.78 is 5.94. The standard InChI is InChI=1S/C15H24N2O/c1-11-8-12(2)14-13(9-11)18-7-5-6-15(14,10-16)17(3)4/h8-9H,5-7,10,16H2,1-4H3. The van der Waals surface area contributed by atoms with E-state index < -0.39 is 0 Å². The highest BCUT2D eigenvalue weighted by molar-refractivity contribution is 5.48. The van der Waals surface area contributed by atoms with Crippen LogP contribution in [0.4, 0.5) is 0 Å². The van der Waals surface area contributed by atoms with Gasteiger partial charge in [-0.2, -0.15) is 0 Å². The van der Waals surface area contributed by atoms with E-state index in [0.717, 1.165) is 25.2 Å². The lowest BCUT2D eigenvalue weighted by molar-refractivity contribution is 0.146. The lowest BCUT2D eigenvalue weighted by Crippen LogP contribution is -2.47. The highest BCUT2D eigenvalue weighted by atomic mass is 16.5. The quantitative estimate of drug-likeness (QED) is 0.872. The third-order valence-corrected chi connectivity index (χ3v) is 4.10. The average molecular weight is 248 g/mol. The topological polar surface area (TPSA) is 38.5 Å². The van der Waals surface area contributed by atoms with Crippen LogP contribution in [0.3, 0.4) is 0 Å². The van der Waals surface area contributed by atoms with Gasteiger partial charge < -0.3 is 10.5 Å². The number of hydrogen-bond donors (Lipinski definition) is 1. The first-order chi connectivity index (χ1) is 8.51. The van der Waals surface area contributed by atoms with Crippen LogP contribution in [0.15, 0.2) is 12.1 Å². The molecule has 0 radical (unpaired) electrons. The van der Waals surface area contributed by atoms with E-state index in [4.69, 9.17) is 10.5 Å². The third kappa shape index (κ3) is 2.02. The summed E-state index contributed by atoms with van der Waals surface area (Å²) in [5.41, 5.74) is 9.85. The number of likely N-dealkylation sites (N-methyl/N-ethyl adjacent to an activating group) is 1. The number of rotatable bonds is 2. The van der Waals surface area contributed by atoms with Gasteiger partial charge in [0.2, 0.25) is 0 Å². The van der Waals surface area contributed by atoms with Gasteiger partial charge in [0.25, 0.3) is 0 Å². The maximum atomic E-state index is 6.13. The minimum Gasteiger partial charge on any atom is -0.493 e. The third-order valence-electron chi connectivity index (χ3n) is 4.10. The fourth-order valence-electron chi connectivity index (χ4n) is 3.14. The highest BCUT2D eigenvalue weighted by Crippen LogP contribution is 2.41. The van der Waals surface area contributed by atoms with Gasteiger partial charge in [-0.25, -0.2) is 0 Å². The average Bonchev–Trinajstić information content (AvgIpc) is 2.48. The van der Waals surface area contributed by atoms with Crippen molar-refractivity contribution in [2.45, 2.75) is 32.2 Å². The molecule has 100 valence electrons. The second-order valence-electron chi connectivity index (χ2n) is 5.54. The lowest BCUT2D eigenvalue weighted by Gasteiger charge is -2.40. The zero-order valence-electron chi connectivity index (χ0n) is 11.9. The van der Waals surface area contributed by atoms with Crippen LogP contribution < -0.4 is 10.5 Å². The summed E-state index contributed by atoms with van der Waals surface area (Å²) in [7, 11) is 4.22. The summed E-state index contributed by atoms with van der Waals surface area (Å²) in [5, 5.41) is 0. The molecule has 0 fully saturated rings. The molecule has 18 heavy (non-hydrogen) atoms. The zero-order valence-corrected chi connectivity index (χ0v) is 11.9. The fourth-order valence-corrected chi connectivity index (χ4v) is 3.14. The Labute approximate surface area is 110 Å². The molecule has 0 spiro atoms. The van der Waals surface area contributed by atoms with E-state index in [-0.39, 0.29) is 5.54 Å². The molecule has 1 aliphatic heterocycles. The van der Waals surface area contributed by atoms with Crippen LogP contribution in [0, 0.1) is 13.8 Å². The molecule has 0 aromatic heterocycles. The highest BCUT2D eigenvalue weighted by Gasteiger charge is 2.38. The van der Waals surface area contributed by atoms with E-state index in [2.05, 4.69) is 45.0 Å².